The van der Waals surface area contributed by atoms with Gasteiger partial charge in [-0.1, -0.05) is 55.5 Å². The Labute approximate surface area is 324 Å². The minimum Gasteiger partial charge on any atom is -0.496 e. The predicted octanol–water partition coefficient (Wildman–Crippen LogP) is 4.74. The van der Waals surface area contributed by atoms with Crippen LogP contribution in [0.2, 0.25) is 0 Å². The summed E-state index contributed by atoms with van der Waals surface area (Å²) >= 11 is 0. The van der Waals surface area contributed by atoms with Gasteiger partial charge in [-0.15, -0.1) is 0 Å². The van der Waals surface area contributed by atoms with Crippen LogP contribution in [0.25, 0.3) is 6.08 Å². The minimum atomic E-state index is -4.26. The van der Waals surface area contributed by atoms with Crippen LogP contribution >= 0.6 is 0 Å². The number of carbonyl (C=O) groups excluding carboxylic acids is 2. The number of methoxy groups -OCH3 is 1. The van der Waals surface area contributed by atoms with Gasteiger partial charge in [-0.25, -0.2) is 13.2 Å². The highest BCUT2D eigenvalue weighted by Gasteiger charge is 2.71. The molecule has 2 saturated heterocycles. The molecule has 4 heterocycles. The Balaban J connectivity index is 1.23. The molecule has 56 heavy (non-hydrogen) atoms. The second-order valence-electron chi connectivity index (χ2n) is 13.6. The number of esters is 2. The van der Waals surface area contributed by atoms with Crippen LogP contribution in [0.3, 0.4) is 0 Å². The van der Waals surface area contributed by atoms with Crippen molar-refractivity contribution in [1.29, 1.82) is 0 Å². The monoisotopic (exact) mass is 798 g/mol. The van der Waals surface area contributed by atoms with Crippen molar-refractivity contribution >= 4 is 27.9 Å². The third-order valence-electron chi connectivity index (χ3n) is 9.66. The number of unbranched alkanes of at least 4 members (excludes halogenated alkanes) is 2. The minimum absolute atomic E-state index is 0.00844. The molecule has 0 radical (unpaired) electrons. The first-order valence-corrected chi connectivity index (χ1v) is 19.6. The number of hydrogen-bond acceptors (Lipinski definition) is 15. The van der Waals surface area contributed by atoms with Gasteiger partial charge in [0.2, 0.25) is 0 Å². The normalized spacial score (nSPS) is 24.9. The summed E-state index contributed by atoms with van der Waals surface area (Å²) in [5.74, 6) is -0.767. The number of benzene rings is 1. The summed E-state index contributed by atoms with van der Waals surface area (Å²) in [7, 11) is -2.79. The summed E-state index contributed by atoms with van der Waals surface area (Å²) in [5.41, 5.74) is -2.17. The van der Waals surface area contributed by atoms with Gasteiger partial charge < -0.3 is 38.0 Å². The fourth-order valence-corrected chi connectivity index (χ4v) is 8.29. The van der Waals surface area contributed by atoms with E-state index in [-0.39, 0.29) is 22.8 Å². The largest absolute Gasteiger partial charge is 0.496 e. The van der Waals surface area contributed by atoms with Crippen molar-refractivity contribution in [3.05, 3.63) is 93.7 Å². The van der Waals surface area contributed by atoms with Crippen LogP contribution in [0, 0.1) is 12.1 Å². The molecule has 0 aliphatic carbocycles. The van der Waals surface area contributed by atoms with Gasteiger partial charge in [-0.3, -0.25) is 14.2 Å². The molecule has 3 aromatic rings. The van der Waals surface area contributed by atoms with Crippen molar-refractivity contribution in [3.63, 3.8) is 0 Å². The molecule has 6 atom stereocenters. The van der Waals surface area contributed by atoms with Crippen molar-refractivity contribution in [2.75, 3.05) is 13.7 Å². The highest BCUT2D eigenvalue weighted by molar-refractivity contribution is 7.91. The summed E-state index contributed by atoms with van der Waals surface area (Å²) in [4.78, 5) is 37.1. The van der Waals surface area contributed by atoms with Crippen molar-refractivity contribution in [3.8, 4) is 11.6 Å². The molecule has 0 spiro atoms. The maximum Gasteiger partial charge on any atom is 0.414 e. The number of hydrogen-bond donors (Lipinski definition) is 0. The van der Waals surface area contributed by atoms with E-state index < -0.39 is 73.9 Å². The zero-order chi connectivity index (χ0) is 40.7. The van der Waals surface area contributed by atoms with Crippen LogP contribution in [0.5, 0.6) is 11.6 Å². The Kier molecular flexibility index (Phi) is 13.2. The SMILES string of the molecule is CC[C@H]1O[C@@]2(C)[C@H](OC(C)=O)[C@@]1(C)O[C@@H](/C=C/C=C/C=C/c1oc(=O)cc(OC)c1C)[C@@H]2OC(=O)CCCCCOc1no[n+]([O-])c1S(=O)(=O)c1ccccc1. The Bertz CT molecular complexity index is 2130. The fourth-order valence-electron chi connectivity index (χ4n) is 7.00. The summed E-state index contributed by atoms with van der Waals surface area (Å²) in [5, 5.41) is 14.9. The molecule has 16 nitrogen and oxygen atoms in total. The highest BCUT2D eigenvalue weighted by Crippen LogP contribution is 2.52. The average Bonchev–Trinajstić information content (AvgIpc) is 3.61. The second-order valence-corrected chi connectivity index (χ2v) is 15.5. The first-order chi connectivity index (χ1) is 26.6. The quantitative estimate of drug-likeness (QED) is 0.0782. The lowest BCUT2D eigenvalue weighted by Crippen LogP contribution is -2.66. The number of ether oxygens (including phenoxy) is 6. The Hall–Kier alpha value is -5.26. The van der Waals surface area contributed by atoms with E-state index in [2.05, 4.69) is 9.79 Å². The lowest BCUT2D eigenvalue weighted by Gasteiger charge is -2.48. The Morgan fingerprint density at radius 2 is 1.75 bits per heavy atom. The molecule has 2 bridgehead atoms. The lowest BCUT2D eigenvalue weighted by atomic mass is 9.77. The predicted molar refractivity (Wildman–Crippen MR) is 197 cm³/mol. The fraction of sp³-hybridized carbons (Fsp3) is 0.462. The molecule has 302 valence electrons. The van der Waals surface area contributed by atoms with Gasteiger partial charge in [0.25, 0.3) is 9.84 Å². The van der Waals surface area contributed by atoms with E-state index in [0.717, 1.165) is 0 Å². The van der Waals surface area contributed by atoms with Crippen molar-refractivity contribution in [1.82, 2.24) is 5.16 Å². The van der Waals surface area contributed by atoms with Crippen LogP contribution in [0.4, 0.5) is 0 Å². The highest BCUT2D eigenvalue weighted by atomic mass is 32.2. The Morgan fingerprint density at radius 3 is 2.45 bits per heavy atom. The molecule has 2 fully saturated rings. The smallest absolute Gasteiger partial charge is 0.414 e. The first-order valence-electron chi connectivity index (χ1n) is 18.1. The number of sulfone groups is 1. The molecule has 0 unspecified atom stereocenters. The van der Waals surface area contributed by atoms with Gasteiger partial charge in [0.15, 0.2) is 12.2 Å². The van der Waals surface area contributed by atoms with Crippen LogP contribution in [-0.4, -0.2) is 74.8 Å². The number of carbonyl (C=O) groups is 2. The first kappa shape index (κ1) is 41.9. The summed E-state index contributed by atoms with van der Waals surface area (Å²) in [6, 6.07) is 8.62. The molecule has 0 amide bonds. The van der Waals surface area contributed by atoms with Crippen molar-refractivity contribution in [2.24, 2.45) is 0 Å². The summed E-state index contributed by atoms with van der Waals surface area (Å²) in [6.45, 7) is 8.55. The summed E-state index contributed by atoms with van der Waals surface area (Å²) in [6.07, 6.45) is 8.89. The molecule has 17 heteroatoms. The van der Waals surface area contributed by atoms with Gasteiger partial charge in [-0.05, 0) is 69.6 Å². The van der Waals surface area contributed by atoms with E-state index in [1.165, 1.54) is 44.4 Å². The van der Waals surface area contributed by atoms with E-state index in [1.54, 1.807) is 56.4 Å². The molecule has 2 aliphatic rings. The molecule has 1 aromatic carbocycles. The third-order valence-corrected chi connectivity index (χ3v) is 11.4. The molecular formula is C39H46N2O14S. The molecule has 0 saturated carbocycles. The second kappa shape index (κ2) is 17.7. The Morgan fingerprint density at radius 1 is 1.02 bits per heavy atom. The summed E-state index contributed by atoms with van der Waals surface area (Å²) < 4.78 is 71.4. The number of aromatic nitrogens is 2. The van der Waals surface area contributed by atoms with Crippen molar-refractivity contribution < 1.29 is 60.4 Å². The molecule has 0 N–H and O–H groups in total. The lowest BCUT2D eigenvalue weighted by molar-refractivity contribution is -0.832. The van der Waals surface area contributed by atoms with Gasteiger partial charge in [0.1, 0.15) is 28.8 Å². The number of nitrogens with zero attached hydrogens (tertiary/aromatic N) is 2. The van der Waals surface area contributed by atoms with Crippen LogP contribution in [0.15, 0.2) is 90.5 Å². The standard InChI is InChI=1S/C39H46N2O14S/c1-7-31-38(4)37(50-26(3)42)39(5,54-31)34(29(53-38)21-15-9-8-14-20-28-25(2)30(48-6)24-33(44)51-28)52-32(43)22-16-11-17-23-49-35-36(41(45)55-40-35)56(46,47)27-18-12-10-13-19-27/h8-10,12-15,18-21,24,29,31,34,37H,7,11,16-17,22-23H2,1-6H3/b9-8+,20-14+,21-15+/t29-,31+,34-,37+,38-,39+/m0/s1. The van der Waals surface area contributed by atoms with E-state index in [4.69, 9.17) is 32.8 Å². The molecule has 5 rings (SSSR count). The molecule has 2 aromatic heterocycles. The molecule has 2 aliphatic heterocycles. The van der Waals surface area contributed by atoms with Crippen molar-refractivity contribution in [2.45, 2.75) is 112 Å². The zero-order valence-electron chi connectivity index (χ0n) is 32.0. The zero-order valence-corrected chi connectivity index (χ0v) is 32.8. The van der Waals surface area contributed by atoms with Gasteiger partial charge in [0.05, 0.1) is 35.9 Å². The van der Waals surface area contributed by atoms with Crippen LogP contribution < -0.4 is 20.0 Å². The van der Waals surface area contributed by atoms with Crippen LogP contribution in [0.1, 0.15) is 71.1 Å². The maximum absolute atomic E-state index is 13.3. The topological polar surface area (TPSA) is 207 Å². The number of allylic oxidation sites excluding steroid dienone is 4. The van der Waals surface area contributed by atoms with E-state index in [0.29, 0.717) is 42.8 Å². The third kappa shape index (κ3) is 8.90. The van der Waals surface area contributed by atoms with E-state index in [9.17, 15) is 28.0 Å². The van der Waals surface area contributed by atoms with E-state index in [1.807, 2.05) is 13.8 Å². The molecular weight excluding hydrogens is 752 g/mol. The number of rotatable bonds is 17. The maximum atomic E-state index is 13.3. The van der Waals surface area contributed by atoms with E-state index >= 15 is 0 Å². The van der Waals surface area contributed by atoms with Gasteiger partial charge in [-0.2, -0.15) is 0 Å². The van der Waals surface area contributed by atoms with Gasteiger partial charge >= 0.3 is 28.5 Å². The van der Waals surface area contributed by atoms with Crippen LogP contribution in [-0.2, 0) is 38.4 Å². The van der Waals surface area contributed by atoms with Gasteiger partial charge in [0, 0.05) is 18.9 Å². The average molecular weight is 799 g/mol. The number of fused-ring (bicyclic) bond motifs is 2.